The third-order valence-corrected chi connectivity index (χ3v) is 4.51. The highest BCUT2D eigenvalue weighted by atomic mass is 32.2. The number of ether oxygens (including phenoxy) is 1. The number of amides is 1. The second-order valence-corrected chi connectivity index (χ2v) is 6.71. The molecule has 122 valence electrons. The number of methoxy groups -OCH3 is 1. The van der Waals surface area contributed by atoms with Gasteiger partial charge in [0.25, 0.3) is 15.9 Å². The van der Waals surface area contributed by atoms with Gasteiger partial charge < -0.3 is 4.74 Å². The Labute approximate surface area is 134 Å². The van der Waals surface area contributed by atoms with Gasteiger partial charge in [0.05, 0.1) is 12.0 Å². The van der Waals surface area contributed by atoms with Crippen LogP contribution in [0.3, 0.4) is 0 Å². The fourth-order valence-electron chi connectivity index (χ4n) is 2.00. The Kier molecular flexibility index (Phi) is 4.95. The Hall–Kier alpha value is -2.48. The van der Waals surface area contributed by atoms with Gasteiger partial charge in [-0.15, -0.1) is 0 Å². The molecule has 0 radical (unpaired) electrons. The van der Waals surface area contributed by atoms with Crippen LogP contribution in [0, 0.1) is 0 Å². The summed E-state index contributed by atoms with van der Waals surface area (Å²) >= 11 is 0. The first-order valence-corrected chi connectivity index (χ1v) is 8.36. The van der Waals surface area contributed by atoms with E-state index in [9.17, 15) is 13.2 Å². The molecule has 0 aliphatic carbocycles. The summed E-state index contributed by atoms with van der Waals surface area (Å²) in [6.45, 7) is 3.76. The van der Waals surface area contributed by atoms with E-state index in [0.29, 0.717) is 5.56 Å². The van der Waals surface area contributed by atoms with Crippen LogP contribution in [0.25, 0.3) is 0 Å². The largest absolute Gasteiger partial charge is 0.467 e. The molecule has 1 aromatic heterocycles. The Morgan fingerprint density at radius 3 is 2.57 bits per heavy atom. The molecular weight excluding hydrogens is 318 g/mol. The first-order valence-electron chi connectivity index (χ1n) is 6.88. The second kappa shape index (κ2) is 6.74. The molecule has 8 heteroatoms. The fraction of sp³-hybridized carbons (Fsp3) is 0.267. The van der Waals surface area contributed by atoms with E-state index in [-0.39, 0.29) is 22.5 Å². The number of aromatic nitrogens is 2. The molecule has 0 bridgehead atoms. The van der Waals surface area contributed by atoms with E-state index in [1.54, 1.807) is 18.2 Å². The molecular formula is C15H17N3O4S. The number of sulfonamides is 1. The molecule has 2 aromatic rings. The topological polar surface area (TPSA) is 98.2 Å². The monoisotopic (exact) mass is 335 g/mol. The molecule has 7 nitrogen and oxygen atoms in total. The number of hydrogen-bond donors (Lipinski definition) is 1. The van der Waals surface area contributed by atoms with Crippen LogP contribution in [0.4, 0.5) is 0 Å². The zero-order chi connectivity index (χ0) is 17.0. The van der Waals surface area contributed by atoms with Gasteiger partial charge in [-0.3, -0.25) is 4.79 Å². The van der Waals surface area contributed by atoms with E-state index in [1.807, 2.05) is 18.6 Å². The minimum Gasteiger partial charge on any atom is -0.467 e. The average molecular weight is 335 g/mol. The van der Waals surface area contributed by atoms with Crippen LogP contribution in [0.1, 0.15) is 35.8 Å². The molecule has 0 aliphatic heterocycles. The molecule has 1 amide bonds. The fourth-order valence-corrected chi connectivity index (χ4v) is 3.33. The van der Waals surface area contributed by atoms with Gasteiger partial charge in [0.2, 0.25) is 0 Å². The summed E-state index contributed by atoms with van der Waals surface area (Å²) in [5.74, 6) is -0.846. The van der Waals surface area contributed by atoms with Crippen LogP contribution in [0.15, 0.2) is 41.4 Å². The lowest BCUT2D eigenvalue weighted by atomic mass is 10.0. The molecule has 1 heterocycles. The Morgan fingerprint density at radius 1 is 1.22 bits per heavy atom. The minimum absolute atomic E-state index is 0.00276. The lowest BCUT2D eigenvalue weighted by Crippen LogP contribution is -2.32. The smallest absolute Gasteiger partial charge is 0.316 e. The standard InChI is InChI=1S/C15H17N3O4S/c1-10(2)11-6-4-5-7-13(11)23(20,21)18-14(19)12-8-9-16-15(17-12)22-3/h4-10H,1-3H3,(H,18,19). The molecule has 23 heavy (non-hydrogen) atoms. The van der Waals surface area contributed by atoms with Crippen molar-refractivity contribution in [1.29, 1.82) is 0 Å². The summed E-state index contributed by atoms with van der Waals surface area (Å²) in [7, 11) is -2.65. The summed E-state index contributed by atoms with van der Waals surface area (Å²) in [5, 5.41) is 0. The number of carbonyl (C=O) groups excluding carboxylic acids is 1. The first-order chi connectivity index (χ1) is 10.8. The predicted octanol–water partition coefficient (Wildman–Crippen LogP) is 1.73. The van der Waals surface area contributed by atoms with Crippen molar-refractivity contribution in [2.24, 2.45) is 0 Å². The second-order valence-electron chi connectivity index (χ2n) is 5.06. The number of benzene rings is 1. The van der Waals surface area contributed by atoms with Gasteiger partial charge in [0, 0.05) is 6.20 Å². The highest BCUT2D eigenvalue weighted by molar-refractivity contribution is 7.90. The number of hydrogen-bond acceptors (Lipinski definition) is 6. The van der Waals surface area contributed by atoms with Gasteiger partial charge in [-0.05, 0) is 23.6 Å². The van der Waals surface area contributed by atoms with Crippen molar-refractivity contribution in [3.05, 3.63) is 47.8 Å². The summed E-state index contributed by atoms with van der Waals surface area (Å²) in [6, 6.07) is 7.84. The average Bonchev–Trinajstić information content (AvgIpc) is 2.54. The summed E-state index contributed by atoms with van der Waals surface area (Å²) in [5.41, 5.74) is 0.538. The summed E-state index contributed by atoms with van der Waals surface area (Å²) in [4.78, 5) is 19.8. The minimum atomic E-state index is -4.00. The van der Waals surface area contributed by atoms with Gasteiger partial charge in [-0.1, -0.05) is 32.0 Å². The molecule has 0 aliphatic rings. The molecule has 0 atom stereocenters. The molecule has 0 saturated carbocycles. The Balaban J connectivity index is 2.33. The lowest BCUT2D eigenvalue weighted by molar-refractivity contribution is 0.0975. The maximum atomic E-state index is 12.5. The van der Waals surface area contributed by atoms with Crippen molar-refractivity contribution in [2.45, 2.75) is 24.7 Å². The third-order valence-electron chi connectivity index (χ3n) is 3.11. The van der Waals surface area contributed by atoms with E-state index in [2.05, 4.69) is 9.97 Å². The molecule has 1 aromatic carbocycles. The zero-order valence-electron chi connectivity index (χ0n) is 13.0. The van der Waals surface area contributed by atoms with E-state index >= 15 is 0 Å². The summed E-state index contributed by atoms with van der Waals surface area (Å²) in [6.07, 6.45) is 1.31. The Bertz CT molecular complexity index is 819. The maximum Gasteiger partial charge on any atom is 0.316 e. The van der Waals surface area contributed by atoms with Crippen LogP contribution in [-0.4, -0.2) is 31.4 Å². The normalized spacial score (nSPS) is 11.3. The quantitative estimate of drug-likeness (QED) is 0.893. The highest BCUT2D eigenvalue weighted by Crippen LogP contribution is 2.23. The van der Waals surface area contributed by atoms with Gasteiger partial charge in [-0.2, -0.15) is 4.98 Å². The lowest BCUT2D eigenvalue weighted by Gasteiger charge is -2.13. The van der Waals surface area contributed by atoms with Crippen LogP contribution in [0.5, 0.6) is 6.01 Å². The van der Waals surface area contributed by atoms with E-state index in [1.165, 1.54) is 25.4 Å². The van der Waals surface area contributed by atoms with Crippen molar-refractivity contribution >= 4 is 15.9 Å². The zero-order valence-corrected chi connectivity index (χ0v) is 13.8. The molecule has 2 rings (SSSR count). The van der Waals surface area contributed by atoms with Crippen molar-refractivity contribution < 1.29 is 17.9 Å². The van der Waals surface area contributed by atoms with E-state index in [0.717, 1.165) is 0 Å². The molecule has 0 unspecified atom stereocenters. The number of carbonyl (C=O) groups is 1. The number of rotatable bonds is 5. The maximum absolute atomic E-state index is 12.5. The molecule has 1 N–H and O–H groups in total. The van der Waals surface area contributed by atoms with Gasteiger partial charge in [0.15, 0.2) is 0 Å². The predicted molar refractivity (Wildman–Crippen MR) is 83.8 cm³/mol. The van der Waals surface area contributed by atoms with Crippen molar-refractivity contribution in [3.63, 3.8) is 0 Å². The van der Waals surface area contributed by atoms with Gasteiger partial charge >= 0.3 is 6.01 Å². The van der Waals surface area contributed by atoms with Gasteiger partial charge in [-0.25, -0.2) is 18.1 Å². The molecule has 0 saturated heterocycles. The van der Waals surface area contributed by atoms with E-state index in [4.69, 9.17) is 4.74 Å². The van der Waals surface area contributed by atoms with Crippen LogP contribution < -0.4 is 9.46 Å². The van der Waals surface area contributed by atoms with Crippen molar-refractivity contribution in [2.75, 3.05) is 7.11 Å². The van der Waals surface area contributed by atoms with Gasteiger partial charge in [0.1, 0.15) is 5.69 Å². The summed E-state index contributed by atoms with van der Waals surface area (Å²) < 4.78 is 31.8. The third kappa shape index (κ3) is 3.84. The first kappa shape index (κ1) is 16.9. The van der Waals surface area contributed by atoms with Crippen LogP contribution >= 0.6 is 0 Å². The number of nitrogens with one attached hydrogen (secondary N) is 1. The SMILES string of the molecule is COc1nccc(C(=O)NS(=O)(=O)c2ccccc2C(C)C)n1. The highest BCUT2D eigenvalue weighted by Gasteiger charge is 2.23. The van der Waals surface area contributed by atoms with E-state index < -0.39 is 15.9 Å². The Morgan fingerprint density at radius 2 is 1.91 bits per heavy atom. The van der Waals surface area contributed by atoms with Crippen LogP contribution in [-0.2, 0) is 10.0 Å². The van der Waals surface area contributed by atoms with Crippen LogP contribution in [0.2, 0.25) is 0 Å². The van der Waals surface area contributed by atoms with Crippen molar-refractivity contribution in [1.82, 2.24) is 14.7 Å². The molecule has 0 fully saturated rings. The van der Waals surface area contributed by atoms with Crippen molar-refractivity contribution in [3.8, 4) is 6.01 Å². The number of nitrogens with zero attached hydrogens (tertiary/aromatic N) is 2. The molecule has 0 spiro atoms.